The Hall–Kier alpha value is -0.110. The number of nitrogens with zero attached hydrogens (tertiary/aromatic N) is 2. The van der Waals surface area contributed by atoms with Crippen LogP contribution in [-0.4, -0.2) is 27.7 Å². The van der Waals surface area contributed by atoms with Gasteiger partial charge in [-0.2, -0.15) is 5.10 Å². The molecule has 0 saturated heterocycles. The highest BCUT2D eigenvalue weighted by Crippen LogP contribution is 2.07. The second-order valence-electron chi connectivity index (χ2n) is 2.37. The summed E-state index contributed by atoms with van der Waals surface area (Å²) < 4.78 is 7.30. The fraction of sp³-hybridized carbons (Fsp3) is 0.429. The second kappa shape index (κ2) is 4.94. The maximum Gasteiger partial charge on any atom is 0.321 e. The van der Waals surface area contributed by atoms with Gasteiger partial charge in [0.1, 0.15) is 4.83 Å². The van der Waals surface area contributed by atoms with Crippen LogP contribution in [-0.2, 0) is 16.1 Å². The van der Waals surface area contributed by atoms with Crippen molar-refractivity contribution >= 4 is 44.5 Å². The molecule has 4 nitrogen and oxygen atoms in total. The molecular formula is C7H8BrIN2O2. The SMILES string of the molecule is COC(=O)C(Br)Cn1cc(I)cn1. The van der Waals surface area contributed by atoms with Gasteiger partial charge in [0, 0.05) is 6.20 Å². The Balaban J connectivity index is 2.54. The number of carbonyl (C=O) groups is 1. The summed E-state index contributed by atoms with van der Waals surface area (Å²) in [7, 11) is 1.36. The molecule has 1 aromatic rings. The van der Waals surface area contributed by atoms with Crippen LogP contribution in [0.1, 0.15) is 0 Å². The van der Waals surface area contributed by atoms with Crippen molar-refractivity contribution in [2.75, 3.05) is 7.11 Å². The van der Waals surface area contributed by atoms with Crippen LogP contribution in [0.3, 0.4) is 0 Å². The lowest BCUT2D eigenvalue weighted by Crippen LogP contribution is -2.21. The summed E-state index contributed by atoms with van der Waals surface area (Å²) in [6, 6.07) is 0. The molecule has 1 unspecified atom stereocenters. The Kier molecular flexibility index (Phi) is 4.17. The molecule has 1 atom stereocenters. The average Bonchev–Trinajstić information content (AvgIpc) is 2.49. The van der Waals surface area contributed by atoms with Gasteiger partial charge < -0.3 is 4.74 Å². The molecule has 0 saturated carbocycles. The third kappa shape index (κ3) is 3.26. The van der Waals surface area contributed by atoms with Crippen LogP contribution in [0.5, 0.6) is 0 Å². The average molecular weight is 359 g/mol. The largest absolute Gasteiger partial charge is 0.468 e. The lowest BCUT2D eigenvalue weighted by Gasteiger charge is -2.06. The topological polar surface area (TPSA) is 44.1 Å². The molecule has 0 aliphatic heterocycles. The van der Waals surface area contributed by atoms with Crippen molar-refractivity contribution < 1.29 is 9.53 Å². The summed E-state index contributed by atoms with van der Waals surface area (Å²) in [5.74, 6) is -0.287. The smallest absolute Gasteiger partial charge is 0.321 e. The number of alkyl halides is 1. The highest BCUT2D eigenvalue weighted by atomic mass is 127. The molecule has 0 fully saturated rings. The van der Waals surface area contributed by atoms with Gasteiger partial charge in [0.2, 0.25) is 0 Å². The van der Waals surface area contributed by atoms with Crippen LogP contribution in [0, 0.1) is 3.57 Å². The standard InChI is InChI=1S/C7H8BrIN2O2/c1-13-7(12)6(8)4-11-3-5(9)2-10-11/h2-3,6H,4H2,1H3. The molecule has 1 rings (SSSR count). The van der Waals surface area contributed by atoms with E-state index in [2.05, 4.69) is 48.4 Å². The molecule has 0 bridgehead atoms. The summed E-state index contributed by atoms with van der Waals surface area (Å²) in [4.78, 5) is 10.7. The van der Waals surface area contributed by atoms with Crippen LogP contribution >= 0.6 is 38.5 Å². The van der Waals surface area contributed by atoms with E-state index in [1.807, 2.05) is 6.20 Å². The zero-order chi connectivity index (χ0) is 9.84. The molecule has 0 spiro atoms. The number of methoxy groups -OCH3 is 1. The molecule has 0 aromatic carbocycles. The third-order valence-electron chi connectivity index (χ3n) is 1.41. The first-order valence-electron chi connectivity index (χ1n) is 3.53. The molecule has 1 heterocycles. The van der Waals surface area contributed by atoms with Gasteiger partial charge in [0.25, 0.3) is 0 Å². The summed E-state index contributed by atoms with van der Waals surface area (Å²) in [5.41, 5.74) is 0. The Labute approximate surface area is 97.9 Å². The minimum absolute atomic E-state index is 0.287. The highest BCUT2D eigenvalue weighted by molar-refractivity contribution is 14.1. The normalized spacial score (nSPS) is 12.5. The van der Waals surface area contributed by atoms with Crippen molar-refractivity contribution in [3.63, 3.8) is 0 Å². The van der Waals surface area contributed by atoms with Gasteiger partial charge in [0.15, 0.2) is 0 Å². The molecule has 0 aliphatic rings. The number of esters is 1. The fourth-order valence-electron chi connectivity index (χ4n) is 0.805. The van der Waals surface area contributed by atoms with Crippen LogP contribution in [0.15, 0.2) is 12.4 Å². The minimum Gasteiger partial charge on any atom is -0.468 e. The number of hydrogen-bond donors (Lipinski definition) is 0. The molecule has 0 amide bonds. The van der Waals surface area contributed by atoms with Crippen molar-refractivity contribution in [3.8, 4) is 0 Å². The van der Waals surface area contributed by atoms with Gasteiger partial charge in [-0.3, -0.25) is 9.48 Å². The lowest BCUT2D eigenvalue weighted by molar-refractivity contribution is -0.140. The second-order valence-corrected chi connectivity index (χ2v) is 4.72. The van der Waals surface area contributed by atoms with Crippen LogP contribution in [0.2, 0.25) is 0 Å². The maximum absolute atomic E-state index is 11.0. The zero-order valence-electron chi connectivity index (χ0n) is 6.91. The van der Waals surface area contributed by atoms with Gasteiger partial charge in [0.05, 0.1) is 23.4 Å². The van der Waals surface area contributed by atoms with E-state index in [1.54, 1.807) is 10.9 Å². The summed E-state index contributed by atoms with van der Waals surface area (Å²) in [6.07, 6.45) is 3.59. The zero-order valence-corrected chi connectivity index (χ0v) is 10.6. The predicted octanol–water partition coefficient (Wildman–Crippen LogP) is 1.42. The molecular weight excluding hydrogens is 351 g/mol. The quantitative estimate of drug-likeness (QED) is 0.466. The number of halogens is 2. The van der Waals surface area contributed by atoms with Gasteiger partial charge in [-0.1, -0.05) is 15.9 Å². The number of carbonyl (C=O) groups excluding carboxylic acids is 1. The van der Waals surface area contributed by atoms with Gasteiger partial charge in [-0.25, -0.2) is 0 Å². The number of aromatic nitrogens is 2. The Morgan fingerprint density at radius 3 is 3.08 bits per heavy atom. The number of rotatable bonds is 3. The molecule has 0 N–H and O–H groups in total. The Morgan fingerprint density at radius 1 is 1.92 bits per heavy atom. The van der Waals surface area contributed by atoms with E-state index in [4.69, 9.17) is 0 Å². The van der Waals surface area contributed by atoms with Crippen LogP contribution < -0.4 is 0 Å². The van der Waals surface area contributed by atoms with E-state index in [-0.39, 0.29) is 10.8 Å². The number of ether oxygens (including phenoxy) is 1. The molecule has 72 valence electrons. The predicted molar refractivity (Wildman–Crippen MR) is 59.7 cm³/mol. The Bertz CT molecular complexity index is 302. The highest BCUT2D eigenvalue weighted by Gasteiger charge is 2.15. The maximum atomic E-state index is 11.0. The molecule has 6 heteroatoms. The van der Waals surface area contributed by atoms with E-state index in [9.17, 15) is 4.79 Å². The summed E-state index contributed by atoms with van der Waals surface area (Å²) in [5, 5.41) is 4.04. The van der Waals surface area contributed by atoms with Crippen molar-refractivity contribution in [2.24, 2.45) is 0 Å². The molecule has 13 heavy (non-hydrogen) atoms. The molecule has 1 aromatic heterocycles. The molecule has 0 radical (unpaired) electrons. The van der Waals surface area contributed by atoms with Crippen LogP contribution in [0.4, 0.5) is 0 Å². The van der Waals surface area contributed by atoms with Crippen molar-refractivity contribution in [2.45, 2.75) is 11.4 Å². The first-order chi connectivity index (χ1) is 6.13. The van der Waals surface area contributed by atoms with Crippen molar-refractivity contribution in [3.05, 3.63) is 16.0 Å². The van der Waals surface area contributed by atoms with Gasteiger partial charge in [-0.15, -0.1) is 0 Å². The third-order valence-corrected chi connectivity index (χ3v) is 2.63. The van der Waals surface area contributed by atoms with E-state index >= 15 is 0 Å². The van der Waals surface area contributed by atoms with Crippen LogP contribution in [0.25, 0.3) is 0 Å². The van der Waals surface area contributed by atoms with Gasteiger partial charge >= 0.3 is 5.97 Å². The van der Waals surface area contributed by atoms with E-state index in [0.29, 0.717) is 6.54 Å². The molecule has 0 aliphatic carbocycles. The van der Waals surface area contributed by atoms with Gasteiger partial charge in [-0.05, 0) is 22.6 Å². The summed E-state index contributed by atoms with van der Waals surface area (Å²) >= 11 is 5.37. The fourth-order valence-corrected chi connectivity index (χ4v) is 1.73. The van der Waals surface area contributed by atoms with E-state index in [0.717, 1.165) is 3.57 Å². The van der Waals surface area contributed by atoms with Crippen molar-refractivity contribution in [1.29, 1.82) is 0 Å². The van der Waals surface area contributed by atoms with E-state index in [1.165, 1.54) is 7.11 Å². The van der Waals surface area contributed by atoms with E-state index < -0.39 is 0 Å². The summed E-state index contributed by atoms with van der Waals surface area (Å²) in [6.45, 7) is 0.482. The van der Waals surface area contributed by atoms with Crippen molar-refractivity contribution in [1.82, 2.24) is 9.78 Å². The monoisotopic (exact) mass is 358 g/mol. The lowest BCUT2D eigenvalue weighted by atomic mass is 10.4. The number of hydrogen-bond acceptors (Lipinski definition) is 3. The first-order valence-corrected chi connectivity index (χ1v) is 5.53. The minimum atomic E-state index is -0.340. The first kappa shape index (κ1) is 11.0. The Morgan fingerprint density at radius 2 is 2.62 bits per heavy atom.